The lowest BCUT2D eigenvalue weighted by Crippen LogP contribution is -2.47. The van der Waals surface area contributed by atoms with E-state index in [1.807, 2.05) is 0 Å². The van der Waals surface area contributed by atoms with Gasteiger partial charge in [0.2, 0.25) is 5.91 Å². The summed E-state index contributed by atoms with van der Waals surface area (Å²) in [5, 5.41) is 3.22. The van der Waals surface area contributed by atoms with Gasteiger partial charge >= 0.3 is 6.18 Å². The van der Waals surface area contributed by atoms with Crippen LogP contribution in [0.25, 0.3) is 0 Å². The van der Waals surface area contributed by atoms with Crippen molar-refractivity contribution in [2.45, 2.75) is 70.0 Å². The summed E-state index contributed by atoms with van der Waals surface area (Å²) in [5.41, 5.74) is 0.276. The molecule has 1 N–H and O–H groups in total. The van der Waals surface area contributed by atoms with Crippen molar-refractivity contribution < 1.29 is 18.0 Å². The van der Waals surface area contributed by atoms with Gasteiger partial charge in [-0.1, -0.05) is 25.7 Å². The Hall–Kier alpha value is -0.780. The lowest BCUT2D eigenvalue weighted by Gasteiger charge is -2.39. The minimum Gasteiger partial charge on any atom is -0.353 e. The lowest BCUT2D eigenvalue weighted by atomic mass is 9.70. The zero-order valence-corrected chi connectivity index (χ0v) is 13.6. The molecule has 1 saturated heterocycles. The summed E-state index contributed by atoms with van der Waals surface area (Å²) >= 11 is 0. The third-order valence-corrected chi connectivity index (χ3v) is 6.12. The molecule has 1 spiro atoms. The van der Waals surface area contributed by atoms with E-state index >= 15 is 0 Å². The van der Waals surface area contributed by atoms with Gasteiger partial charge in [-0.25, -0.2) is 0 Å². The van der Waals surface area contributed by atoms with Gasteiger partial charge in [-0.3, -0.25) is 9.69 Å². The maximum Gasteiger partial charge on any atom is 0.401 e. The Bertz CT molecular complexity index is 432. The number of carbonyl (C=O) groups excluding carboxylic acids is 1. The molecule has 1 heterocycles. The second-order valence-corrected chi connectivity index (χ2v) is 7.71. The van der Waals surface area contributed by atoms with E-state index in [2.05, 4.69) is 5.32 Å². The van der Waals surface area contributed by atoms with E-state index in [-0.39, 0.29) is 29.8 Å². The first-order valence-corrected chi connectivity index (χ1v) is 8.97. The summed E-state index contributed by atoms with van der Waals surface area (Å²) in [6.45, 7) is -0.289. The quantitative estimate of drug-likeness (QED) is 0.858. The molecule has 0 aromatic heterocycles. The maximum absolute atomic E-state index is 12.5. The number of rotatable bonds is 3. The average molecular weight is 332 g/mol. The standard InChI is InChI=1S/C17H27F3N2O/c18-17(19,20)12-22-10-6-13(11-22)15(23)21-14-5-4-9-16(14)7-2-1-3-8-16/h13-14H,1-12H2,(H,21,23). The van der Waals surface area contributed by atoms with Crippen LogP contribution in [0.4, 0.5) is 13.2 Å². The van der Waals surface area contributed by atoms with Crippen LogP contribution >= 0.6 is 0 Å². The highest BCUT2D eigenvalue weighted by Gasteiger charge is 2.45. The van der Waals surface area contributed by atoms with Gasteiger partial charge in [0, 0.05) is 12.6 Å². The van der Waals surface area contributed by atoms with Crippen molar-refractivity contribution in [3.05, 3.63) is 0 Å². The summed E-state index contributed by atoms with van der Waals surface area (Å²) in [6.07, 6.45) is 5.93. The van der Waals surface area contributed by atoms with Crippen LogP contribution in [0.5, 0.6) is 0 Å². The van der Waals surface area contributed by atoms with Gasteiger partial charge < -0.3 is 5.32 Å². The number of nitrogens with zero attached hydrogens (tertiary/aromatic N) is 1. The molecule has 0 bridgehead atoms. The highest BCUT2D eigenvalue weighted by molar-refractivity contribution is 5.79. The van der Waals surface area contributed by atoms with Gasteiger partial charge in [-0.2, -0.15) is 13.2 Å². The second-order valence-electron chi connectivity index (χ2n) is 7.71. The fourth-order valence-corrected chi connectivity index (χ4v) is 4.95. The number of alkyl halides is 3. The fraction of sp³-hybridized carbons (Fsp3) is 0.941. The average Bonchev–Trinajstić information content (AvgIpc) is 3.07. The van der Waals surface area contributed by atoms with Gasteiger partial charge in [-0.05, 0) is 44.1 Å². The monoisotopic (exact) mass is 332 g/mol. The van der Waals surface area contributed by atoms with E-state index in [1.165, 1.54) is 43.4 Å². The SMILES string of the molecule is O=C(NC1CCCC12CCCCC2)C1CCN(CC(F)(F)F)C1. The predicted molar refractivity (Wildman–Crippen MR) is 81.9 cm³/mol. The van der Waals surface area contributed by atoms with Crippen LogP contribution in [-0.4, -0.2) is 42.7 Å². The van der Waals surface area contributed by atoms with Crippen LogP contribution in [0.15, 0.2) is 0 Å². The molecule has 1 aliphatic heterocycles. The Labute approximate surface area is 136 Å². The highest BCUT2D eigenvalue weighted by Crippen LogP contribution is 2.49. The molecule has 2 unspecified atom stereocenters. The molecule has 2 aliphatic carbocycles. The van der Waals surface area contributed by atoms with Gasteiger partial charge in [0.15, 0.2) is 0 Å². The third kappa shape index (κ3) is 4.01. The maximum atomic E-state index is 12.5. The van der Waals surface area contributed by atoms with E-state index in [4.69, 9.17) is 0 Å². The van der Waals surface area contributed by atoms with Crippen LogP contribution < -0.4 is 5.32 Å². The number of amides is 1. The molecule has 3 fully saturated rings. The molecule has 2 saturated carbocycles. The van der Waals surface area contributed by atoms with Crippen molar-refractivity contribution in [1.29, 1.82) is 0 Å². The molecular weight excluding hydrogens is 305 g/mol. The van der Waals surface area contributed by atoms with Crippen LogP contribution in [-0.2, 0) is 4.79 Å². The van der Waals surface area contributed by atoms with E-state index in [0.717, 1.165) is 12.8 Å². The second kappa shape index (κ2) is 6.61. The molecule has 132 valence electrons. The summed E-state index contributed by atoms with van der Waals surface area (Å²) in [6, 6.07) is 0.243. The lowest BCUT2D eigenvalue weighted by molar-refractivity contribution is -0.144. The molecule has 6 heteroatoms. The summed E-state index contributed by atoms with van der Waals surface area (Å²) in [7, 11) is 0. The minimum atomic E-state index is -4.18. The summed E-state index contributed by atoms with van der Waals surface area (Å²) in [4.78, 5) is 13.9. The fourth-order valence-electron chi connectivity index (χ4n) is 4.95. The summed E-state index contributed by atoms with van der Waals surface area (Å²) in [5.74, 6) is -0.301. The number of likely N-dealkylation sites (tertiary alicyclic amines) is 1. The molecule has 1 amide bonds. The zero-order chi connectivity index (χ0) is 16.5. The van der Waals surface area contributed by atoms with E-state index in [1.54, 1.807) is 0 Å². The molecule has 3 nitrogen and oxygen atoms in total. The van der Waals surface area contributed by atoms with Crippen molar-refractivity contribution in [3.8, 4) is 0 Å². The molecule has 3 rings (SSSR count). The van der Waals surface area contributed by atoms with Crippen molar-refractivity contribution in [1.82, 2.24) is 10.2 Å². The Morgan fingerprint density at radius 3 is 2.48 bits per heavy atom. The van der Waals surface area contributed by atoms with Crippen LogP contribution in [0.2, 0.25) is 0 Å². The third-order valence-electron chi connectivity index (χ3n) is 6.12. The van der Waals surface area contributed by atoms with Crippen LogP contribution in [0, 0.1) is 11.3 Å². The first kappa shape index (κ1) is 17.1. The van der Waals surface area contributed by atoms with Crippen LogP contribution in [0.1, 0.15) is 57.8 Å². The van der Waals surface area contributed by atoms with Gasteiger partial charge in [0.1, 0.15) is 0 Å². The van der Waals surface area contributed by atoms with Gasteiger partial charge in [0.25, 0.3) is 0 Å². The van der Waals surface area contributed by atoms with Crippen LogP contribution in [0.3, 0.4) is 0 Å². The molecule has 3 aliphatic rings. The van der Waals surface area contributed by atoms with E-state index < -0.39 is 12.7 Å². The number of halogens is 3. The number of hydrogen-bond acceptors (Lipinski definition) is 2. The number of nitrogens with one attached hydrogen (secondary N) is 1. The van der Waals surface area contributed by atoms with E-state index in [0.29, 0.717) is 13.0 Å². The highest BCUT2D eigenvalue weighted by atomic mass is 19.4. The predicted octanol–water partition coefficient (Wildman–Crippen LogP) is 3.49. The zero-order valence-electron chi connectivity index (χ0n) is 13.6. The normalized spacial score (nSPS) is 31.6. The van der Waals surface area contributed by atoms with E-state index in [9.17, 15) is 18.0 Å². The molecular formula is C17H27F3N2O. The molecule has 2 atom stereocenters. The van der Waals surface area contributed by atoms with Gasteiger partial charge in [-0.15, -0.1) is 0 Å². The molecule has 0 radical (unpaired) electrons. The Morgan fingerprint density at radius 1 is 1.09 bits per heavy atom. The van der Waals surface area contributed by atoms with Crippen molar-refractivity contribution >= 4 is 5.91 Å². The Morgan fingerprint density at radius 2 is 1.78 bits per heavy atom. The Balaban J connectivity index is 1.53. The van der Waals surface area contributed by atoms with Crippen molar-refractivity contribution in [2.24, 2.45) is 11.3 Å². The molecule has 0 aromatic carbocycles. The minimum absolute atomic E-state index is 0.0217. The first-order valence-electron chi connectivity index (χ1n) is 8.97. The first-order chi connectivity index (χ1) is 10.9. The molecule has 0 aromatic rings. The Kier molecular flexibility index (Phi) is 4.90. The smallest absolute Gasteiger partial charge is 0.353 e. The summed E-state index contributed by atoms with van der Waals surface area (Å²) < 4.78 is 37.4. The largest absolute Gasteiger partial charge is 0.401 e. The van der Waals surface area contributed by atoms with Crippen molar-refractivity contribution in [2.75, 3.05) is 19.6 Å². The van der Waals surface area contributed by atoms with Gasteiger partial charge in [0.05, 0.1) is 12.5 Å². The van der Waals surface area contributed by atoms with Crippen molar-refractivity contribution in [3.63, 3.8) is 0 Å². The number of carbonyl (C=O) groups is 1. The molecule has 23 heavy (non-hydrogen) atoms. The topological polar surface area (TPSA) is 32.3 Å². The number of hydrogen-bond donors (Lipinski definition) is 1.